The topological polar surface area (TPSA) is 128 Å². The molecule has 0 saturated carbocycles. The fourth-order valence-electron chi connectivity index (χ4n) is 3.76. The summed E-state index contributed by atoms with van der Waals surface area (Å²) in [5.74, 6) is -1.83. The number of benzene rings is 1. The minimum absolute atomic E-state index is 0.178. The van der Waals surface area contributed by atoms with Crippen molar-refractivity contribution >= 4 is 47.0 Å². The third-order valence-electron chi connectivity index (χ3n) is 5.82. The third kappa shape index (κ3) is 6.40. The standard InChI is InChI=1S/C23H34N4O5S/c1-6-14(4)18(20(28)25-16(22(30)31)11-12-33-5)26-23(32)27-17-10-8-7-9-15(17)24-21(29)19(27)13(2)3/h7-10,13-14,16,18-19H,6,11-12H2,1-5H3,(H,24,29)(H,25,28)(H,26,32)(H,30,31)/t14-,16-,18+,19-/m0/s1. The van der Waals surface area contributed by atoms with Crippen LogP contribution in [0.1, 0.15) is 40.5 Å². The summed E-state index contributed by atoms with van der Waals surface area (Å²) >= 11 is 1.49. The van der Waals surface area contributed by atoms with Crippen LogP contribution in [0.5, 0.6) is 0 Å². The van der Waals surface area contributed by atoms with Gasteiger partial charge in [-0.1, -0.05) is 46.2 Å². The summed E-state index contributed by atoms with van der Waals surface area (Å²) in [7, 11) is 0. The zero-order valence-electron chi connectivity index (χ0n) is 19.8. The number of rotatable bonds is 10. The van der Waals surface area contributed by atoms with Crippen LogP contribution in [0.25, 0.3) is 0 Å². The Morgan fingerprint density at radius 1 is 1.18 bits per heavy atom. The minimum Gasteiger partial charge on any atom is -0.480 e. The highest BCUT2D eigenvalue weighted by molar-refractivity contribution is 7.98. The van der Waals surface area contributed by atoms with E-state index in [1.54, 1.807) is 24.3 Å². The molecule has 1 aromatic rings. The molecule has 1 aliphatic rings. The molecule has 0 aromatic heterocycles. The van der Waals surface area contributed by atoms with E-state index >= 15 is 0 Å². The van der Waals surface area contributed by atoms with E-state index in [2.05, 4.69) is 16.0 Å². The van der Waals surface area contributed by atoms with Gasteiger partial charge in [-0.25, -0.2) is 9.59 Å². The van der Waals surface area contributed by atoms with Crippen molar-refractivity contribution in [2.24, 2.45) is 11.8 Å². The Balaban J connectivity index is 2.32. The van der Waals surface area contributed by atoms with Crippen LogP contribution in [-0.4, -0.2) is 59.1 Å². The smallest absolute Gasteiger partial charge is 0.326 e. The average Bonchev–Trinajstić information content (AvgIpc) is 2.77. The SMILES string of the molecule is CC[C@H](C)[C@@H](NC(=O)N1c2ccccc2NC(=O)[C@@H]1C(C)C)C(=O)N[C@@H](CCSC)C(=O)O. The van der Waals surface area contributed by atoms with E-state index in [-0.39, 0.29) is 24.2 Å². The van der Waals surface area contributed by atoms with E-state index < -0.39 is 36.0 Å². The van der Waals surface area contributed by atoms with Crippen molar-refractivity contribution in [1.29, 1.82) is 0 Å². The number of carboxylic acids is 1. The number of fused-ring (bicyclic) bond motifs is 1. The number of nitrogens with zero attached hydrogens (tertiary/aromatic N) is 1. The van der Waals surface area contributed by atoms with Crippen molar-refractivity contribution in [2.75, 3.05) is 22.2 Å². The highest BCUT2D eigenvalue weighted by Gasteiger charge is 2.40. The Bertz CT molecular complexity index is 878. The molecule has 0 spiro atoms. The van der Waals surface area contributed by atoms with E-state index in [0.29, 0.717) is 23.5 Å². The molecule has 1 aromatic carbocycles. The van der Waals surface area contributed by atoms with Crippen LogP contribution >= 0.6 is 11.8 Å². The number of hydrogen-bond acceptors (Lipinski definition) is 5. The summed E-state index contributed by atoms with van der Waals surface area (Å²) < 4.78 is 0. The Hall–Kier alpha value is -2.75. The summed E-state index contributed by atoms with van der Waals surface area (Å²) in [5, 5.41) is 17.7. The summed E-state index contributed by atoms with van der Waals surface area (Å²) in [6, 6.07) is 3.66. The van der Waals surface area contributed by atoms with Crippen molar-refractivity contribution in [2.45, 2.75) is 58.7 Å². The minimum atomic E-state index is -1.12. The molecule has 2 rings (SSSR count). The van der Waals surface area contributed by atoms with Crippen molar-refractivity contribution < 1.29 is 24.3 Å². The number of urea groups is 1. The largest absolute Gasteiger partial charge is 0.480 e. The number of carbonyl (C=O) groups is 4. The number of anilines is 2. The van der Waals surface area contributed by atoms with Gasteiger partial charge in [0.05, 0.1) is 11.4 Å². The van der Waals surface area contributed by atoms with Gasteiger partial charge in [-0.2, -0.15) is 11.8 Å². The van der Waals surface area contributed by atoms with Crippen LogP contribution in [-0.2, 0) is 14.4 Å². The predicted molar refractivity (Wildman–Crippen MR) is 131 cm³/mol. The van der Waals surface area contributed by atoms with E-state index in [4.69, 9.17) is 0 Å². The molecule has 1 heterocycles. The Kier molecular flexibility index (Phi) is 9.57. The number of nitrogens with one attached hydrogen (secondary N) is 3. The zero-order chi connectivity index (χ0) is 24.7. The van der Waals surface area contributed by atoms with E-state index in [9.17, 15) is 24.3 Å². The molecule has 0 bridgehead atoms. The molecule has 0 unspecified atom stereocenters. The summed E-state index contributed by atoms with van der Waals surface area (Å²) in [4.78, 5) is 52.3. The van der Waals surface area contributed by atoms with E-state index in [0.717, 1.165) is 0 Å². The summed E-state index contributed by atoms with van der Waals surface area (Å²) in [6.07, 6.45) is 2.73. The van der Waals surface area contributed by atoms with Crippen LogP contribution in [0.2, 0.25) is 0 Å². The first-order chi connectivity index (χ1) is 15.6. The first-order valence-corrected chi connectivity index (χ1v) is 12.5. The zero-order valence-corrected chi connectivity index (χ0v) is 20.6. The second kappa shape index (κ2) is 11.9. The van der Waals surface area contributed by atoms with Crippen molar-refractivity contribution in [3.8, 4) is 0 Å². The molecule has 4 amide bonds. The molecule has 0 fully saturated rings. The quantitative estimate of drug-likeness (QED) is 0.409. The predicted octanol–water partition coefficient (Wildman–Crippen LogP) is 2.92. The van der Waals surface area contributed by atoms with Gasteiger partial charge >= 0.3 is 12.0 Å². The number of aliphatic carboxylic acids is 1. The maximum Gasteiger partial charge on any atom is 0.326 e. The van der Waals surface area contributed by atoms with Gasteiger partial charge in [0.2, 0.25) is 11.8 Å². The number of para-hydroxylation sites is 2. The lowest BCUT2D eigenvalue weighted by molar-refractivity contribution is -0.142. The number of thioether (sulfide) groups is 1. The number of amides is 4. The Morgan fingerprint density at radius 2 is 1.85 bits per heavy atom. The van der Waals surface area contributed by atoms with Crippen LogP contribution in [0, 0.1) is 11.8 Å². The monoisotopic (exact) mass is 478 g/mol. The van der Waals surface area contributed by atoms with Gasteiger partial charge in [-0.05, 0) is 42.4 Å². The van der Waals surface area contributed by atoms with Gasteiger partial charge in [0, 0.05) is 0 Å². The molecule has 0 aliphatic carbocycles. The fourth-order valence-corrected chi connectivity index (χ4v) is 4.23. The fraction of sp³-hybridized carbons (Fsp3) is 0.565. The van der Waals surface area contributed by atoms with Crippen LogP contribution in [0.3, 0.4) is 0 Å². The number of carboxylic acid groups (broad SMARTS) is 1. The maximum absolute atomic E-state index is 13.5. The van der Waals surface area contributed by atoms with Gasteiger partial charge in [-0.3, -0.25) is 14.5 Å². The normalized spacial score (nSPS) is 18.1. The Morgan fingerprint density at radius 3 is 2.42 bits per heavy atom. The van der Waals surface area contributed by atoms with Crippen LogP contribution in [0.4, 0.5) is 16.2 Å². The average molecular weight is 479 g/mol. The lowest BCUT2D eigenvalue weighted by Gasteiger charge is -2.39. The van der Waals surface area contributed by atoms with E-state index in [1.165, 1.54) is 16.7 Å². The molecule has 10 heteroatoms. The lowest BCUT2D eigenvalue weighted by Crippen LogP contribution is -2.61. The maximum atomic E-state index is 13.5. The highest BCUT2D eigenvalue weighted by atomic mass is 32.2. The van der Waals surface area contributed by atoms with Gasteiger partial charge in [0.1, 0.15) is 18.1 Å². The number of hydrogen-bond donors (Lipinski definition) is 4. The molecule has 33 heavy (non-hydrogen) atoms. The Labute approximate surface area is 199 Å². The van der Waals surface area contributed by atoms with Crippen molar-refractivity contribution in [3.63, 3.8) is 0 Å². The highest BCUT2D eigenvalue weighted by Crippen LogP contribution is 2.34. The van der Waals surface area contributed by atoms with Crippen LogP contribution in [0.15, 0.2) is 24.3 Å². The van der Waals surface area contributed by atoms with Gasteiger partial charge in [0.15, 0.2) is 0 Å². The molecule has 0 radical (unpaired) electrons. The molecule has 4 atom stereocenters. The molecule has 4 N–H and O–H groups in total. The van der Waals surface area contributed by atoms with E-state index in [1.807, 2.05) is 34.0 Å². The third-order valence-corrected chi connectivity index (χ3v) is 6.46. The molecule has 182 valence electrons. The summed E-state index contributed by atoms with van der Waals surface area (Å²) in [5.41, 5.74) is 1.06. The molecule has 0 saturated heterocycles. The van der Waals surface area contributed by atoms with Gasteiger partial charge in [-0.15, -0.1) is 0 Å². The lowest BCUT2D eigenvalue weighted by atomic mass is 9.96. The second-order valence-electron chi connectivity index (χ2n) is 8.56. The van der Waals surface area contributed by atoms with Crippen molar-refractivity contribution in [3.05, 3.63) is 24.3 Å². The first-order valence-electron chi connectivity index (χ1n) is 11.1. The van der Waals surface area contributed by atoms with Gasteiger partial charge < -0.3 is 21.1 Å². The first kappa shape index (κ1) is 26.5. The second-order valence-corrected chi connectivity index (χ2v) is 9.54. The molecule has 9 nitrogen and oxygen atoms in total. The van der Waals surface area contributed by atoms with Gasteiger partial charge in [0.25, 0.3) is 0 Å². The van der Waals surface area contributed by atoms with Crippen molar-refractivity contribution in [1.82, 2.24) is 10.6 Å². The van der Waals surface area contributed by atoms with Crippen LogP contribution < -0.4 is 20.9 Å². The molecular weight excluding hydrogens is 444 g/mol. The number of carbonyl (C=O) groups excluding carboxylic acids is 3. The molecular formula is C23H34N4O5S. The summed E-state index contributed by atoms with van der Waals surface area (Å²) in [6.45, 7) is 7.40. The molecule has 1 aliphatic heterocycles.